The zero-order chi connectivity index (χ0) is 15.3. The van der Waals surface area contributed by atoms with E-state index in [9.17, 15) is 9.59 Å². The summed E-state index contributed by atoms with van der Waals surface area (Å²) in [6, 6.07) is 2.57. The second-order valence-electron chi connectivity index (χ2n) is 5.76. The minimum Gasteiger partial charge on any atom is -0.478 e. The first kappa shape index (κ1) is 15.9. The van der Waals surface area contributed by atoms with Gasteiger partial charge in [0.25, 0.3) is 0 Å². The molecular weight excluding hydrogens is 258 g/mol. The number of aromatic nitrogens is 1. The molecule has 3 N–H and O–H groups in total. The Hall–Kier alpha value is -2.11. The number of aromatic carboxylic acids is 1. The first-order chi connectivity index (χ1) is 9.20. The Balaban J connectivity index is 2.53. The van der Waals surface area contributed by atoms with Crippen molar-refractivity contribution in [2.24, 2.45) is 5.41 Å². The Bertz CT molecular complexity index is 495. The van der Waals surface area contributed by atoms with E-state index < -0.39 is 5.97 Å². The number of pyridine rings is 1. The maximum absolute atomic E-state index is 11.7. The molecule has 0 bridgehead atoms. The van der Waals surface area contributed by atoms with Crippen LogP contribution in [0.3, 0.4) is 0 Å². The Kier molecular flexibility index (Phi) is 5.07. The highest BCUT2D eigenvalue weighted by molar-refractivity contribution is 5.87. The van der Waals surface area contributed by atoms with E-state index in [1.807, 2.05) is 27.7 Å². The van der Waals surface area contributed by atoms with Crippen LogP contribution in [0.25, 0.3) is 0 Å². The van der Waals surface area contributed by atoms with E-state index in [0.717, 1.165) is 0 Å². The van der Waals surface area contributed by atoms with Gasteiger partial charge in [-0.15, -0.1) is 0 Å². The highest BCUT2D eigenvalue weighted by Crippen LogP contribution is 2.18. The smallest absolute Gasteiger partial charge is 0.335 e. The summed E-state index contributed by atoms with van der Waals surface area (Å²) in [4.78, 5) is 26.6. The first-order valence-electron chi connectivity index (χ1n) is 6.42. The van der Waals surface area contributed by atoms with Crippen LogP contribution >= 0.6 is 0 Å². The van der Waals surface area contributed by atoms with Gasteiger partial charge in [0.1, 0.15) is 0 Å². The molecule has 0 aliphatic carbocycles. The first-order valence-corrected chi connectivity index (χ1v) is 6.42. The van der Waals surface area contributed by atoms with Gasteiger partial charge < -0.3 is 15.7 Å². The standard InChI is InChI=1S/C14H21N3O3/c1-9(14(2,3)4)17-13(20)16-8-11-7-10(12(18)19)5-6-15-11/h5-7,9H,8H2,1-4H3,(H,18,19)(H2,16,17,20). The largest absolute Gasteiger partial charge is 0.478 e. The number of carbonyl (C=O) groups is 2. The molecule has 0 saturated carbocycles. The van der Waals surface area contributed by atoms with Gasteiger partial charge >= 0.3 is 12.0 Å². The molecule has 1 aromatic rings. The third-order valence-electron chi connectivity index (χ3n) is 3.14. The van der Waals surface area contributed by atoms with Crippen LogP contribution in [0, 0.1) is 5.41 Å². The number of carbonyl (C=O) groups excluding carboxylic acids is 1. The maximum atomic E-state index is 11.7. The fourth-order valence-corrected chi connectivity index (χ4v) is 1.34. The van der Waals surface area contributed by atoms with Gasteiger partial charge in [-0.2, -0.15) is 0 Å². The maximum Gasteiger partial charge on any atom is 0.335 e. The van der Waals surface area contributed by atoms with Gasteiger partial charge in [0.05, 0.1) is 17.8 Å². The van der Waals surface area contributed by atoms with E-state index >= 15 is 0 Å². The molecule has 1 heterocycles. The van der Waals surface area contributed by atoms with Crippen molar-refractivity contribution >= 4 is 12.0 Å². The molecule has 1 aromatic heterocycles. The molecule has 0 saturated heterocycles. The molecule has 0 aliphatic heterocycles. The minimum absolute atomic E-state index is 0.0146. The van der Waals surface area contributed by atoms with Crippen molar-refractivity contribution in [3.05, 3.63) is 29.6 Å². The number of amides is 2. The van der Waals surface area contributed by atoms with Gasteiger partial charge in [-0.25, -0.2) is 9.59 Å². The topological polar surface area (TPSA) is 91.3 Å². The van der Waals surface area contributed by atoms with E-state index in [4.69, 9.17) is 5.11 Å². The van der Waals surface area contributed by atoms with Crippen LogP contribution in [0.15, 0.2) is 18.3 Å². The molecule has 110 valence electrons. The van der Waals surface area contributed by atoms with Crippen molar-refractivity contribution in [3.8, 4) is 0 Å². The third kappa shape index (κ3) is 4.87. The Morgan fingerprint density at radius 1 is 1.40 bits per heavy atom. The molecule has 6 nitrogen and oxygen atoms in total. The normalized spacial score (nSPS) is 12.6. The van der Waals surface area contributed by atoms with Crippen molar-refractivity contribution < 1.29 is 14.7 Å². The number of hydrogen-bond acceptors (Lipinski definition) is 3. The van der Waals surface area contributed by atoms with Crippen molar-refractivity contribution in [1.82, 2.24) is 15.6 Å². The molecule has 2 amide bonds. The summed E-state index contributed by atoms with van der Waals surface area (Å²) >= 11 is 0. The van der Waals surface area contributed by atoms with Crippen molar-refractivity contribution in [2.75, 3.05) is 0 Å². The summed E-state index contributed by atoms with van der Waals surface area (Å²) in [5.74, 6) is -1.01. The number of carboxylic acid groups (broad SMARTS) is 1. The van der Waals surface area contributed by atoms with Crippen LogP contribution in [0.2, 0.25) is 0 Å². The molecule has 0 aromatic carbocycles. The summed E-state index contributed by atoms with van der Waals surface area (Å²) in [6.45, 7) is 8.23. The highest BCUT2D eigenvalue weighted by atomic mass is 16.4. The van der Waals surface area contributed by atoms with Gasteiger partial charge in [-0.1, -0.05) is 20.8 Å². The Morgan fingerprint density at radius 3 is 2.60 bits per heavy atom. The number of rotatable bonds is 4. The van der Waals surface area contributed by atoms with E-state index in [0.29, 0.717) is 5.69 Å². The third-order valence-corrected chi connectivity index (χ3v) is 3.14. The van der Waals surface area contributed by atoms with E-state index in [1.54, 1.807) is 0 Å². The van der Waals surface area contributed by atoms with Gasteiger partial charge in [0, 0.05) is 12.2 Å². The molecule has 0 spiro atoms. The summed E-state index contributed by atoms with van der Waals surface area (Å²) in [5, 5.41) is 14.4. The minimum atomic E-state index is -1.01. The predicted molar refractivity (Wildman–Crippen MR) is 75.5 cm³/mol. The van der Waals surface area contributed by atoms with Crippen LogP contribution in [0.1, 0.15) is 43.7 Å². The van der Waals surface area contributed by atoms with Crippen molar-refractivity contribution in [3.63, 3.8) is 0 Å². The lowest BCUT2D eigenvalue weighted by Gasteiger charge is -2.28. The Morgan fingerprint density at radius 2 is 2.05 bits per heavy atom. The molecule has 6 heteroatoms. The van der Waals surface area contributed by atoms with E-state index in [1.165, 1.54) is 18.3 Å². The summed E-state index contributed by atoms with van der Waals surface area (Å²) in [7, 11) is 0. The van der Waals surface area contributed by atoms with Gasteiger partial charge in [0.2, 0.25) is 0 Å². The monoisotopic (exact) mass is 279 g/mol. The molecule has 1 unspecified atom stereocenters. The quantitative estimate of drug-likeness (QED) is 0.786. The van der Waals surface area contributed by atoms with Crippen LogP contribution in [-0.2, 0) is 6.54 Å². The van der Waals surface area contributed by atoms with Crippen LogP contribution in [0.4, 0.5) is 4.79 Å². The molecule has 0 aliphatic rings. The van der Waals surface area contributed by atoms with Crippen LogP contribution in [-0.4, -0.2) is 28.1 Å². The zero-order valence-electron chi connectivity index (χ0n) is 12.2. The second-order valence-corrected chi connectivity index (χ2v) is 5.76. The molecule has 0 radical (unpaired) electrons. The zero-order valence-corrected chi connectivity index (χ0v) is 12.2. The predicted octanol–water partition coefficient (Wildman–Crippen LogP) is 2.01. The molecule has 1 rings (SSSR count). The SMILES string of the molecule is CC(NC(=O)NCc1cc(C(=O)O)ccn1)C(C)(C)C. The number of carboxylic acids is 1. The van der Waals surface area contributed by atoms with Gasteiger partial charge in [-0.05, 0) is 24.5 Å². The number of nitrogens with zero attached hydrogens (tertiary/aromatic N) is 1. The van der Waals surface area contributed by atoms with Crippen molar-refractivity contribution in [2.45, 2.75) is 40.3 Å². The fourth-order valence-electron chi connectivity index (χ4n) is 1.34. The van der Waals surface area contributed by atoms with Crippen molar-refractivity contribution in [1.29, 1.82) is 0 Å². The lowest BCUT2D eigenvalue weighted by Crippen LogP contribution is -2.46. The average molecular weight is 279 g/mol. The second kappa shape index (κ2) is 6.36. The fraction of sp³-hybridized carbons (Fsp3) is 0.500. The van der Waals surface area contributed by atoms with E-state index in [2.05, 4.69) is 15.6 Å². The van der Waals surface area contributed by atoms with Crippen LogP contribution < -0.4 is 10.6 Å². The molecule has 1 atom stereocenters. The summed E-state index contributed by atoms with van der Waals surface area (Å²) in [5.41, 5.74) is 0.627. The molecule has 0 fully saturated rings. The van der Waals surface area contributed by atoms with Gasteiger partial charge in [-0.3, -0.25) is 4.98 Å². The molecular formula is C14H21N3O3. The lowest BCUT2D eigenvalue weighted by atomic mass is 9.88. The number of hydrogen-bond donors (Lipinski definition) is 3. The number of urea groups is 1. The molecule has 20 heavy (non-hydrogen) atoms. The van der Waals surface area contributed by atoms with Gasteiger partial charge in [0.15, 0.2) is 0 Å². The van der Waals surface area contributed by atoms with Crippen LogP contribution in [0.5, 0.6) is 0 Å². The van der Waals surface area contributed by atoms with E-state index in [-0.39, 0.29) is 29.6 Å². The summed E-state index contributed by atoms with van der Waals surface area (Å²) in [6.07, 6.45) is 1.41. The average Bonchev–Trinajstić information content (AvgIpc) is 2.35. The number of nitrogens with one attached hydrogen (secondary N) is 2. The Labute approximate surface area is 118 Å². The lowest BCUT2D eigenvalue weighted by molar-refractivity contribution is 0.0696. The highest BCUT2D eigenvalue weighted by Gasteiger charge is 2.21. The summed E-state index contributed by atoms with van der Waals surface area (Å²) < 4.78 is 0.